The first-order valence-corrected chi connectivity index (χ1v) is 19.0. The van der Waals surface area contributed by atoms with Crippen molar-refractivity contribution in [2.24, 2.45) is 0 Å². The van der Waals surface area contributed by atoms with E-state index < -0.39 is 0 Å². The average molecular weight is 731 g/mol. The molecule has 0 amide bonds. The van der Waals surface area contributed by atoms with E-state index in [2.05, 4.69) is 126 Å². The van der Waals surface area contributed by atoms with E-state index in [0.29, 0.717) is 17.5 Å². The third kappa shape index (κ3) is 5.01. The quantitative estimate of drug-likeness (QED) is 0.176. The third-order valence-electron chi connectivity index (χ3n) is 11.1. The number of furan rings is 2. The van der Waals surface area contributed by atoms with Gasteiger partial charge in [-0.15, -0.1) is 0 Å². The smallest absolute Gasteiger partial charge is 0.164 e. The zero-order valence-electron chi connectivity index (χ0n) is 30.4. The molecule has 0 aliphatic carbocycles. The third-order valence-corrected chi connectivity index (χ3v) is 11.1. The van der Waals surface area contributed by atoms with Crippen LogP contribution in [0.1, 0.15) is 0 Å². The number of benzene rings is 8. The van der Waals surface area contributed by atoms with Crippen molar-refractivity contribution in [1.82, 2.24) is 19.5 Å². The van der Waals surface area contributed by atoms with E-state index in [-0.39, 0.29) is 0 Å². The maximum absolute atomic E-state index is 6.81. The van der Waals surface area contributed by atoms with Crippen molar-refractivity contribution in [3.8, 4) is 51.0 Å². The Bertz CT molecular complexity index is 3530. The zero-order chi connectivity index (χ0) is 37.5. The van der Waals surface area contributed by atoms with Crippen LogP contribution in [-0.2, 0) is 0 Å². The highest BCUT2D eigenvalue weighted by molar-refractivity contribution is 6.13. The molecule has 0 saturated carbocycles. The molecule has 0 radical (unpaired) electrons. The van der Waals surface area contributed by atoms with Crippen molar-refractivity contribution in [3.05, 3.63) is 182 Å². The van der Waals surface area contributed by atoms with Gasteiger partial charge in [-0.05, 0) is 66.2 Å². The van der Waals surface area contributed by atoms with Crippen molar-refractivity contribution in [2.75, 3.05) is 0 Å². The molecule has 6 nitrogen and oxygen atoms in total. The molecule has 57 heavy (non-hydrogen) atoms. The molecule has 12 aromatic rings. The Kier molecular flexibility index (Phi) is 6.83. The summed E-state index contributed by atoms with van der Waals surface area (Å²) in [5, 5.41) is 6.60. The van der Waals surface area contributed by atoms with Crippen LogP contribution >= 0.6 is 0 Å². The minimum absolute atomic E-state index is 0.567. The molecule has 0 atom stereocenters. The monoisotopic (exact) mass is 730 g/mol. The Morgan fingerprint density at radius 3 is 1.77 bits per heavy atom. The normalized spacial score (nSPS) is 11.9. The van der Waals surface area contributed by atoms with E-state index in [0.717, 1.165) is 82.9 Å². The first kappa shape index (κ1) is 31.5. The summed E-state index contributed by atoms with van der Waals surface area (Å²) in [5.74, 6) is 1.75. The van der Waals surface area contributed by atoms with Gasteiger partial charge in [-0.25, -0.2) is 15.0 Å². The molecule has 0 N–H and O–H groups in total. The van der Waals surface area contributed by atoms with Gasteiger partial charge < -0.3 is 13.4 Å². The first-order chi connectivity index (χ1) is 28.2. The number of aromatic nitrogens is 4. The summed E-state index contributed by atoms with van der Waals surface area (Å²) in [4.78, 5) is 15.1. The van der Waals surface area contributed by atoms with E-state index in [1.54, 1.807) is 0 Å². The molecule has 0 bridgehead atoms. The van der Waals surface area contributed by atoms with Gasteiger partial charge in [0.05, 0.1) is 11.0 Å². The molecule has 4 aromatic heterocycles. The number of nitrogens with zero attached hydrogens (tertiary/aromatic N) is 4. The van der Waals surface area contributed by atoms with Gasteiger partial charge in [0.1, 0.15) is 22.3 Å². The summed E-state index contributed by atoms with van der Waals surface area (Å²) in [6, 6.07) is 62.8. The number of rotatable bonds is 5. The molecule has 0 saturated heterocycles. The highest BCUT2D eigenvalue weighted by Crippen LogP contribution is 2.40. The summed E-state index contributed by atoms with van der Waals surface area (Å²) >= 11 is 0. The molecule has 8 aromatic carbocycles. The predicted molar refractivity (Wildman–Crippen MR) is 230 cm³/mol. The molecular weight excluding hydrogens is 701 g/mol. The summed E-state index contributed by atoms with van der Waals surface area (Å²) < 4.78 is 15.3. The second-order valence-electron chi connectivity index (χ2n) is 14.4. The lowest BCUT2D eigenvalue weighted by Crippen LogP contribution is -2.00. The van der Waals surface area contributed by atoms with Gasteiger partial charge in [-0.3, -0.25) is 0 Å². The summed E-state index contributed by atoms with van der Waals surface area (Å²) in [5.41, 5.74) is 11.5. The second-order valence-corrected chi connectivity index (χ2v) is 14.4. The minimum Gasteiger partial charge on any atom is -0.456 e. The van der Waals surface area contributed by atoms with E-state index in [9.17, 15) is 0 Å². The van der Waals surface area contributed by atoms with Crippen molar-refractivity contribution in [3.63, 3.8) is 0 Å². The van der Waals surface area contributed by atoms with Crippen LogP contribution in [0, 0.1) is 0 Å². The van der Waals surface area contributed by atoms with Gasteiger partial charge in [-0.1, -0.05) is 121 Å². The van der Waals surface area contributed by atoms with Crippen molar-refractivity contribution < 1.29 is 8.83 Å². The SMILES string of the molecule is c1ccc(-c2nc(-c3ccc4c(c3)oc3c(-c5ccc6c7ccccc7n(-c7ccccc7)c6c5)cccc34)nc(-c3ccc4oc5ccccc5c4c3)n2)cc1. The van der Waals surface area contributed by atoms with Crippen molar-refractivity contribution in [2.45, 2.75) is 0 Å². The predicted octanol–water partition coefficient (Wildman–Crippen LogP) is 13.4. The van der Waals surface area contributed by atoms with Crippen LogP contribution in [0.2, 0.25) is 0 Å². The Labute approximate surface area is 325 Å². The standard InChI is InChI=1S/C51H30N4O2/c1-3-12-31(13-4-1)49-52-50(33-24-27-46-42(28-33)39-17-8-10-21-45(39)56-46)54-51(53-49)34-23-26-40-41-19-11-18-36(48(41)57-47(40)30-34)32-22-25-38-37-16-7-9-20-43(37)55(44(38)29-32)35-14-5-2-6-15-35/h1-30H. The molecule has 0 spiro atoms. The fourth-order valence-electron chi connectivity index (χ4n) is 8.37. The molecule has 6 heteroatoms. The van der Waals surface area contributed by atoms with Crippen LogP contribution in [0.25, 0.3) is 117 Å². The lowest BCUT2D eigenvalue weighted by atomic mass is 10.0. The van der Waals surface area contributed by atoms with Gasteiger partial charge in [0, 0.05) is 60.3 Å². The lowest BCUT2D eigenvalue weighted by Gasteiger charge is -2.09. The number of hydrogen-bond donors (Lipinski definition) is 0. The van der Waals surface area contributed by atoms with Gasteiger partial charge in [-0.2, -0.15) is 0 Å². The minimum atomic E-state index is 0.567. The Morgan fingerprint density at radius 1 is 0.333 bits per heavy atom. The van der Waals surface area contributed by atoms with E-state index in [1.807, 2.05) is 60.7 Å². The fourth-order valence-corrected chi connectivity index (χ4v) is 8.37. The molecule has 0 aliphatic rings. The summed E-state index contributed by atoms with van der Waals surface area (Å²) in [7, 11) is 0. The fraction of sp³-hybridized carbons (Fsp3) is 0. The molecule has 12 rings (SSSR count). The van der Waals surface area contributed by atoms with Crippen LogP contribution in [0.3, 0.4) is 0 Å². The topological polar surface area (TPSA) is 69.9 Å². The summed E-state index contributed by atoms with van der Waals surface area (Å²) in [6.07, 6.45) is 0. The number of hydrogen-bond acceptors (Lipinski definition) is 5. The average Bonchev–Trinajstić information content (AvgIpc) is 3.95. The Balaban J connectivity index is 1.01. The molecular formula is C51H30N4O2. The Morgan fingerprint density at radius 2 is 0.930 bits per heavy atom. The maximum atomic E-state index is 6.81. The molecule has 0 aliphatic heterocycles. The van der Waals surface area contributed by atoms with Crippen molar-refractivity contribution >= 4 is 65.7 Å². The van der Waals surface area contributed by atoms with Gasteiger partial charge in [0.15, 0.2) is 17.5 Å². The van der Waals surface area contributed by atoms with Crippen LogP contribution in [0.4, 0.5) is 0 Å². The zero-order valence-corrected chi connectivity index (χ0v) is 30.4. The van der Waals surface area contributed by atoms with Gasteiger partial charge >= 0.3 is 0 Å². The second kappa shape index (κ2) is 12.3. The molecule has 0 unspecified atom stereocenters. The molecule has 4 heterocycles. The van der Waals surface area contributed by atoms with Crippen LogP contribution in [0.15, 0.2) is 191 Å². The van der Waals surface area contributed by atoms with Gasteiger partial charge in [0.2, 0.25) is 0 Å². The summed E-state index contributed by atoms with van der Waals surface area (Å²) in [6.45, 7) is 0. The van der Waals surface area contributed by atoms with Crippen LogP contribution in [-0.4, -0.2) is 19.5 Å². The maximum Gasteiger partial charge on any atom is 0.164 e. The lowest BCUT2D eigenvalue weighted by molar-refractivity contribution is 0.669. The van der Waals surface area contributed by atoms with Crippen LogP contribution < -0.4 is 0 Å². The largest absolute Gasteiger partial charge is 0.456 e. The van der Waals surface area contributed by atoms with E-state index in [1.165, 1.54) is 16.3 Å². The number of fused-ring (bicyclic) bond motifs is 9. The number of para-hydroxylation sites is 4. The van der Waals surface area contributed by atoms with Crippen molar-refractivity contribution in [1.29, 1.82) is 0 Å². The Hall–Kier alpha value is -7.83. The van der Waals surface area contributed by atoms with Gasteiger partial charge in [0.25, 0.3) is 0 Å². The first-order valence-electron chi connectivity index (χ1n) is 19.0. The van der Waals surface area contributed by atoms with E-state index >= 15 is 0 Å². The highest BCUT2D eigenvalue weighted by Gasteiger charge is 2.19. The van der Waals surface area contributed by atoms with E-state index in [4.69, 9.17) is 23.8 Å². The molecule has 0 fully saturated rings. The highest BCUT2D eigenvalue weighted by atomic mass is 16.3. The van der Waals surface area contributed by atoms with Crippen LogP contribution in [0.5, 0.6) is 0 Å². The molecule has 266 valence electrons.